The van der Waals surface area contributed by atoms with Gasteiger partial charge in [0.25, 0.3) is 0 Å². The van der Waals surface area contributed by atoms with Crippen LogP contribution < -0.4 is 20.9 Å². The maximum Gasteiger partial charge on any atom is 0.322 e. The smallest absolute Gasteiger partial charge is 0.322 e. The Balaban J connectivity index is 2.07. The van der Waals surface area contributed by atoms with Crippen LogP contribution in [0.5, 0.6) is 6.01 Å². The number of likely N-dealkylation sites (N-methyl/N-ethyl adjacent to an activating group) is 1. The molecule has 1 aliphatic rings. The lowest BCUT2D eigenvalue weighted by molar-refractivity contribution is -0.128. The van der Waals surface area contributed by atoms with Gasteiger partial charge in [-0.25, -0.2) is 5.84 Å². The fourth-order valence-corrected chi connectivity index (χ4v) is 2.01. The van der Waals surface area contributed by atoms with Gasteiger partial charge in [0.1, 0.15) is 0 Å². The van der Waals surface area contributed by atoms with Crippen LogP contribution in [0.1, 0.15) is 12.8 Å². The zero-order chi connectivity index (χ0) is 14.5. The molecule has 9 nitrogen and oxygen atoms in total. The number of hydrogen-bond acceptors (Lipinski definition) is 8. The maximum absolute atomic E-state index is 12.1. The van der Waals surface area contributed by atoms with E-state index in [9.17, 15) is 4.79 Å². The van der Waals surface area contributed by atoms with Gasteiger partial charge < -0.3 is 14.5 Å². The number of nitrogens with two attached hydrogens (primary N) is 1. The molecule has 1 aromatic rings. The zero-order valence-corrected chi connectivity index (χ0v) is 11.7. The van der Waals surface area contributed by atoms with Crippen molar-refractivity contribution in [2.24, 2.45) is 5.84 Å². The van der Waals surface area contributed by atoms with Gasteiger partial charge >= 0.3 is 6.01 Å². The first kappa shape index (κ1) is 14.3. The van der Waals surface area contributed by atoms with Crippen molar-refractivity contribution in [2.45, 2.75) is 12.8 Å². The Hall–Kier alpha value is -2.16. The van der Waals surface area contributed by atoms with Crippen molar-refractivity contribution in [3.8, 4) is 6.01 Å². The minimum absolute atomic E-state index is 0.0617. The number of ether oxygens (including phenoxy) is 1. The lowest BCUT2D eigenvalue weighted by atomic mass is 10.4. The molecule has 0 bridgehead atoms. The van der Waals surface area contributed by atoms with E-state index in [2.05, 4.69) is 20.4 Å². The molecule has 0 aliphatic carbocycles. The molecule has 1 fully saturated rings. The van der Waals surface area contributed by atoms with E-state index in [0.717, 1.165) is 25.9 Å². The van der Waals surface area contributed by atoms with Crippen LogP contribution in [0.15, 0.2) is 0 Å². The van der Waals surface area contributed by atoms with Crippen LogP contribution in [0.4, 0.5) is 11.9 Å². The molecule has 0 radical (unpaired) electrons. The summed E-state index contributed by atoms with van der Waals surface area (Å²) in [6.07, 6.45) is 2.13. The predicted molar refractivity (Wildman–Crippen MR) is 73.3 cm³/mol. The Kier molecular flexibility index (Phi) is 4.51. The molecule has 0 spiro atoms. The minimum atomic E-state index is 0.0617. The van der Waals surface area contributed by atoms with Crippen molar-refractivity contribution in [3.63, 3.8) is 0 Å². The second-order valence-electron chi connectivity index (χ2n) is 4.53. The van der Waals surface area contributed by atoms with E-state index in [1.54, 1.807) is 11.9 Å². The van der Waals surface area contributed by atoms with Gasteiger partial charge in [-0.15, -0.1) is 0 Å². The summed E-state index contributed by atoms with van der Waals surface area (Å²) in [5, 5.41) is 0. The fraction of sp³-hybridized carbons (Fsp3) is 0.636. The fourth-order valence-electron chi connectivity index (χ4n) is 2.01. The molecule has 0 atom stereocenters. The second kappa shape index (κ2) is 6.33. The molecular weight excluding hydrogens is 262 g/mol. The number of nitrogens with zero attached hydrogens (tertiary/aromatic N) is 5. The number of rotatable bonds is 5. The molecule has 0 unspecified atom stereocenters. The SMILES string of the molecule is COc1nc(NN)nc(N(C)CC(=O)N2CCCC2)n1. The summed E-state index contributed by atoms with van der Waals surface area (Å²) in [5.74, 6) is 5.87. The van der Waals surface area contributed by atoms with Crippen molar-refractivity contribution in [1.82, 2.24) is 19.9 Å². The highest BCUT2D eigenvalue weighted by molar-refractivity contribution is 5.81. The van der Waals surface area contributed by atoms with Crippen LogP contribution in [-0.4, -0.2) is 59.6 Å². The van der Waals surface area contributed by atoms with E-state index in [0.29, 0.717) is 5.95 Å². The van der Waals surface area contributed by atoms with E-state index < -0.39 is 0 Å². The number of amides is 1. The lowest BCUT2D eigenvalue weighted by Crippen LogP contribution is -2.38. The summed E-state index contributed by atoms with van der Waals surface area (Å²) in [7, 11) is 3.19. The topological polar surface area (TPSA) is 110 Å². The van der Waals surface area contributed by atoms with Crippen molar-refractivity contribution >= 4 is 17.8 Å². The zero-order valence-electron chi connectivity index (χ0n) is 11.7. The van der Waals surface area contributed by atoms with Crippen molar-refractivity contribution in [1.29, 1.82) is 0 Å². The molecule has 20 heavy (non-hydrogen) atoms. The number of carbonyl (C=O) groups excluding carboxylic acids is 1. The number of aromatic nitrogens is 3. The molecular formula is C11H19N7O2. The maximum atomic E-state index is 12.1. The molecule has 0 saturated carbocycles. The molecule has 110 valence electrons. The first-order valence-electron chi connectivity index (χ1n) is 6.39. The van der Waals surface area contributed by atoms with Gasteiger partial charge in [-0.05, 0) is 12.8 Å². The van der Waals surface area contributed by atoms with Crippen molar-refractivity contribution < 1.29 is 9.53 Å². The van der Waals surface area contributed by atoms with Gasteiger partial charge in [-0.2, -0.15) is 15.0 Å². The Morgan fingerprint density at radius 3 is 2.70 bits per heavy atom. The number of nitrogens with one attached hydrogen (secondary N) is 1. The number of hydrogen-bond donors (Lipinski definition) is 2. The van der Waals surface area contributed by atoms with E-state index in [1.165, 1.54) is 7.11 Å². The minimum Gasteiger partial charge on any atom is -0.467 e. The van der Waals surface area contributed by atoms with Crippen LogP contribution in [0.25, 0.3) is 0 Å². The van der Waals surface area contributed by atoms with Crippen LogP contribution in [0.2, 0.25) is 0 Å². The summed E-state index contributed by atoms with van der Waals surface area (Å²) < 4.78 is 4.97. The Morgan fingerprint density at radius 2 is 2.10 bits per heavy atom. The highest BCUT2D eigenvalue weighted by Gasteiger charge is 2.20. The van der Waals surface area contributed by atoms with Crippen LogP contribution in [0.3, 0.4) is 0 Å². The number of hydrazine groups is 1. The molecule has 2 heterocycles. The molecule has 2 rings (SSSR count). The third-order valence-corrected chi connectivity index (χ3v) is 3.09. The van der Waals surface area contributed by atoms with E-state index in [4.69, 9.17) is 10.6 Å². The van der Waals surface area contributed by atoms with Gasteiger partial charge in [0.05, 0.1) is 13.7 Å². The Labute approximate surface area is 117 Å². The van der Waals surface area contributed by atoms with Gasteiger partial charge in [0, 0.05) is 20.1 Å². The average molecular weight is 281 g/mol. The Morgan fingerprint density at radius 1 is 1.40 bits per heavy atom. The number of anilines is 2. The third-order valence-electron chi connectivity index (χ3n) is 3.09. The van der Waals surface area contributed by atoms with E-state index >= 15 is 0 Å². The molecule has 1 aliphatic heterocycles. The highest BCUT2D eigenvalue weighted by Crippen LogP contribution is 2.14. The van der Waals surface area contributed by atoms with E-state index in [-0.39, 0.29) is 24.4 Å². The summed E-state index contributed by atoms with van der Waals surface area (Å²) in [6, 6.07) is 0.142. The summed E-state index contributed by atoms with van der Waals surface area (Å²) in [6.45, 7) is 1.85. The first-order valence-corrected chi connectivity index (χ1v) is 6.39. The van der Waals surface area contributed by atoms with Crippen LogP contribution in [0, 0.1) is 0 Å². The van der Waals surface area contributed by atoms with Crippen molar-refractivity contribution in [2.75, 3.05) is 44.1 Å². The molecule has 9 heteroatoms. The van der Waals surface area contributed by atoms with Gasteiger partial charge in [-0.3, -0.25) is 10.2 Å². The second-order valence-corrected chi connectivity index (χ2v) is 4.53. The predicted octanol–water partition coefficient (Wildman–Crippen LogP) is -0.776. The number of likely N-dealkylation sites (tertiary alicyclic amines) is 1. The number of carbonyl (C=O) groups is 1. The number of methoxy groups -OCH3 is 1. The summed E-state index contributed by atoms with van der Waals surface area (Å²) in [5.41, 5.74) is 2.34. The highest BCUT2D eigenvalue weighted by atomic mass is 16.5. The monoisotopic (exact) mass is 281 g/mol. The molecule has 1 amide bonds. The van der Waals surface area contributed by atoms with Crippen LogP contribution >= 0.6 is 0 Å². The molecule has 1 aromatic heterocycles. The normalized spacial score (nSPS) is 14.2. The van der Waals surface area contributed by atoms with Gasteiger partial charge in [-0.1, -0.05) is 0 Å². The summed E-state index contributed by atoms with van der Waals surface area (Å²) in [4.78, 5) is 27.7. The van der Waals surface area contributed by atoms with E-state index in [1.807, 2.05) is 4.90 Å². The third kappa shape index (κ3) is 3.23. The molecule has 3 N–H and O–H groups in total. The van der Waals surface area contributed by atoms with Gasteiger partial charge in [0.15, 0.2) is 0 Å². The summed E-state index contributed by atoms with van der Waals surface area (Å²) >= 11 is 0. The Bertz CT molecular complexity index is 454. The average Bonchev–Trinajstić information content (AvgIpc) is 3.00. The lowest BCUT2D eigenvalue weighted by Gasteiger charge is -2.21. The largest absolute Gasteiger partial charge is 0.467 e. The molecule has 1 saturated heterocycles. The molecule has 0 aromatic carbocycles. The quantitative estimate of drug-likeness (QED) is 0.534. The van der Waals surface area contributed by atoms with Gasteiger partial charge in [0.2, 0.25) is 17.8 Å². The standard InChI is InChI=1S/C11H19N7O2/c1-17(7-8(19)18-5-3-4-6-18)10-13-9(16-12)14-11(15-10)20-2/h3-7,12H2,1-2H3,(H,13,14,15,16). The first-order chi connectivity index (χ1) is 9.63. The van der Waals surface area contributed by atoms with Crippen molar-refractivity contribution in [3.05, 3.63) is 0 Å². The number of nitrogen functional groups attached to an aromatic ring is 1. The van der Waals surface area contributed by atoms with Crippen LogP contribution in [-0.2, 0) is 4.79 Å².